The highest BCUT2D eigenvalue weighted by atomic mass is 16.6. The van der Waals surface area contributed by atoms with Gasteiger partial charge in [0.2, 0.25) is 0 Å². The van der Waals surface area contributed by atoms with Crippen LogP contribution in [0.1, 0.15) is 56.8 Å². The van der Waals surface area contributed by atoms with Gasteiger partial charge in [-0.05, 0) is 88.0 Å². The molecule has 0 radical (unpaired) electrons. The van der Waals surface area contributed by atoms with Crippen LogP contribution in [0, 0.1) is 11.3 Å². The van der Waals surface area contributed by atoms with E-state index in [0.717, 1.165) is 37.8 Å². The summed E-state index contributed by atoms with van der Waals surface area (Å²) < 4.78 is 11.8. The number of phenolic OH excluding ortho intramolecular Hbond substituents is 1. The zero-order valence-electron chi connectivity index (χ0n) is 21.0. The number of amides is 1. The number of aromatic hydroxyl groups is 1. The number of likely N-dealkylation sites (tertiary alicyclic amines) is 1. The first kappa shape index (κ1) is 25.8. The van der Waals surface area contributed by atoms with Crippen LogP contribution in [-0.2, 0) is 4.74 Å². The number of fused-ring (bicyclic) bond motifs is 2. The highest BCUT2D eigenvalue weighted by Gasteiger charge is 2.42. The van der Waals surface area contributed by atoms with Crippen molar-refractivity contribution >= 4 is 6.09 Å². The summed E-state index contributed by atoms with van der Waals surface area (Å²) in [5.41, 5.74) is 0.729. The number of phenols is 1. The van der Waals surface area contributed by atoms with Crippen molar-refractivity contribution in [2.24, 2.45) is 0 Å². The Morgan fingerprint density at radius 1 is 1.11 bits per heavy atom. The Balaban J connectivity index is 1.36. The molecule has 2 saturated heterocycles. The molecule has 0 saturated carbocycles. The largest absolute Gasteiger partial charge is 0.508 e. The summed E-state index contributed by atoms with van der Waals surface area (Å²) in [5, 5.41) is 28.1. The molecule has 2 aromatic rings. The molecule has 2 bridgehead atoms. The third kappa shape index (κ3) is 6.28. The molecule has 2 aliphatic rings. The third-order valence-electron chi connectivity index (χ3n) is 7.05. The number of nitrogens with zero attached hydrogens (tertiary/aromatic N) is 3. The lowest BCUT2D eigenvalue weighted by molar-refractivity contribution is -0.0325. The zero-order chi connectivity index (χ0) is 25.7. The van der Waals surface area contributed by atoms with E-state index in [1.807, 2.05) is 12.1 Å². The summed E-state index contributed by atoms with van der Waals surface area (Å²) in [6.07, 6.45) is 3.28. The molecule has 0 spiro atoms. The van der Waals surface area contributed by atoms with Gasteiger partial charge in [0.05, 0.1) is 18.2 Å². The maximum atomic E-state index is 12.6. The molecule has 1 amide bonds. The Bertz CT molecular complexity index is 1050. The van der Waals surface area contributed by atoms with Crippen LogP contribution < -0.4 is 4.74 Å². The summed E-state index contributed by atoms with van der Waals surface area (Å²) in [5.74, 6) is 0.871. The van der Waals surface area contributed by atoms with E-state index in [1.54, 1.807) is 55.1 Å². The van der Waals surface area contributed by atoms with E-state index >= 15 is 0 Å². The topological polar surface area (TPSA) is 106 Å². The van der Waals surface area contributed by atoms with Crippen LogP contribution in [0.15, 0.2) is 48.5 Å². The van der Waals surface area contributed by atoms with Crippen LogP contribution in [-0.4, -0.2) is 70.0 Å². The second-order valence-electron chi connectivity index (χ2n) is 10.3. The fourth-order valence-corrected chi connectivity index (χ4v) is 5.05. The van der Waals surface area contributed by atoms with Crippen molar-refractivity contribution in [1.82, 2.24) is 9.80 Å². The number of piperazine rings is 1. The maximum absolute atomic E-state index is 12.6. The average molecular weight is 494 g/mol. The van der Waals surface area contributed by atoms with E-state index in [4.69, 9.17) is 14.7 Å². The third-order valence-corrected chi connectivity index (χ3v) is 7.05. The summed E-state index contributed by atoms with van der Waals surface area (Å²) in [6, 6.07) is 17.0. The summed E-state index contributed by atoms with van der Waals surface area (Å²) in [7, 11) is 0. The fourth-order valence-electron chi connectivity index (χ4n) is 5.05. The Morgan fingerprint density at radius 2 is 1.75 bits per heavy atom. The molecule has 4 rings (SSSR count). The van der Waals surface area contributed by atoms with Gasteiger partial charge in [0.25, 0.3) is 0 Å². The zero-order valence-corrected chi connectivity index (χ0v) is 21.0. The number of nitriles is 1. The van der Waals surface area contributed by atoms with E-state index in [-0.39, 0.29) is 24.6 Å². The van der Waals surface area contributed by atoms with Gasteiger partial charge in [-0.25, -0.2) is 4.79 Å². The van der Waals surface area contributed by atoms with Gasteiger partial charge in [-0.2, -0.15) is 5.26 Å². The molecule has 2 heterocycles. The van der Waals surface area contributed by atoms with Gasteiger partial charge >= 0.3 is 6.09 Å². The standard InChI is InChI=1S/C28H35N3O5/c1-28(2,19-32)36-27(34)30-17-22-9-10-23(18-30)31(22)15-3-4-26(21-7-5-20(16-29)6-8-21)35-25-13-11-24(33)12-14-25/h5-8,11-14,22-23,26,32-33H,3-4,9-10,15,17-19H2,1-2H3. The molecule has 3 atom stereocenters. The quantitative estimate of drug-likeness (QED) is 0.539. The maximum Gasteiger partial charge on any atom is 0.410 e. The van der Waals surface area contributed by atoms with E-state index in [9.17, 15) is 15.0 Å². The number of ether oxygens (including phenoxy) is 2. The van der Waals surface area contributed by atoms with Crippen molar-refractivity contribution < 1.29 is 24.5 Å². The number of aliphatic hydroxyl groups is 1. The number of carbonyl (C=O) groups excluding carboxylic acids is 1. The van der Waals surface area contributed by atoms with E-state index in [0.29, 0.717) is 36.5 Å². The smallest absolute Gasteiger partial charge is 0.410 e. The predicted molar refractivity (Wildman–Crippen MR) is 135 cm³/mol. The molecular formula is C28H35N3O5. The molecule has 2 aliphatic heterocycles. The van der Waals surface area contributed by atoms with Crippen LogP contribution in [0.5, 0.6) is 11.5 Å². The summed E-state index contributed by atoms with van der Waals surface area (Å²) >= 11 is 0. The average Bonchev–Trinajstić information content (AvgIpc) is 3.10. The number of hydrogen-bond acceptors (Lipinski definition) is 7. The number of aliphatic hydroxyl groups excluding tert-OH is 1. The van der Waals surface area contributed by atoms with Gasteiger partial charge < -0.3 is 24.6 Å². The molecule has 36 heavy (non-hydrogen) atoms. The van der Waals surface area contributed by atoms with Crippen molar-refractivity contribution in [3.05, 3.63) is 59.7 Å². The van der Waals surface area contributed by atoms with Gasteiger partial charge in [-0.15, -0.1) is 0 Å². The Labute approximate surface area is 212 Å². The van der Waals surface area contributed by atoms with E-state index < -0.39 is 5.60 Å². The predicted octanol–water partition coefficient (Wildman–Crippen LogP) is 4.22. The second kappa shape index (κ2) is 11.2. The molecular weight excluding hydrogens is 458 g/mol. The van der Waals surface area contributed by atoms with Crippen molar-refractivity contribution in [2.75, 3.05) is 26.2 Å². The lowest BCUT2D eigenvalue weighted by Gasteiger charge is -2.41. The van der Waals surface area contributed by atoms with Crippen molar-refractivity contribution in [1.29, 1.82) is 5.26 Å². The van der Waals surface area contributed by atoms with E-state index in [2.05, 4.69) is 11.0 Å². The molecule has 2 aromatic carbocycles. The van der Waals surface area contributed by atoms with Gasteiger partial charge in [0.15, 0.2) is 0 Å². The summed E-state index contributed by atoms with van der Waals surface area (Å²) in [6.45, 7) is 5.39. The number of hydrogen-bond donors (Lipinski definition) is 2. The first-order valence-electron chi connectivity index (χ1n) is 12.6. The monoisotopic (exact) mass is 493 g/mol. The van der Waals surface area contributed by atoms with Crippen LogP contribution in [0.2, 0.25) is 0 Å². The molecule has 2 N–H and O–H groups in total. The Morgan fingerprint density at radius 3 is 2.33 bits per heavy atom. The molecule has 3 unspecified atom stereocenters. The normalized spacial score (nSPS) is 20.6. The number of rotatable bonds is 9. The SMILES string of the molecule is CC(C)(CO)OC(=O)N1CC2CCC(C1)N2CCCC(Oc1ccc(O)cc1)c1ccc(C#N)cc1. The Kier molecular flexibility index (Phi) is 8.02. The highest BCUT2D eigenvalue weighted by Crippen LogP contribution is 2.33. The highest BCUT2D eigenvalue weighted by molar-refractivity contribution is 5.68. The minimum absolute atomic E-state index is 0.183. The molecule has 192 valence electrons. The number of carbonyl (C=O) groups is 1. The van der Waals surface area contributed by atoms with Gasteiger partial charge in [0.1, 0.15) is 23.2 Å². The lowest BCUT2D eigenvalue weighted by atomic mass is 10.0. The fraction of sp³-hybridized carbons (Fsp3) is 0.500. The first-order chi connectivity index (χ1) is 17.3. The number of benzene rings is 2. The van der Waals surface area contributed by atoms with Crippen LogP contribution >= 0.6 is 0 Å². The minimum atomic E-state index is -0.884. The van der Waals surface area contributed by atoms with E-state index in [1.165, 1.54) is 0 Å². The van der Waals surface area contributed by atoms with Gasteiger partial charge in [0, 0.05) is 25.2 Å². The van der Waals surface area contributed by atoms with Crippen molar-refractivity contribution in [3.8, 4) is 17.6 Å². The molecule has 2 fully saturated rings. The molecule has 0 aliphatic carbocycles. The molecule has 8 nitrogen and oxygen atoms in total. The second-order valence-corrected chi connectivity index (χ2v) is 10.3. The van der Waals surface area contributed by atoms with Gasteiger partial charge in [-0.3, -0.25) is 4.90 Å². The van der Waals surface area contributed by atoms with Crippen molar-refractivity contribution in [2.45, 2.75) is 63.3 Å². The van der Waals surface area contributed by atoms with Crippen LogP contribution in [0.4, 0.5) is 4.79 Å². The molecule has 0 aromatic heterocycles. The lowest BCUT2D eigenvalue weighted by Crippen LogP contribution is -2.56. The van der Waals surface area contributed by atoms with Crippen LogP contribution in [0.25, 0.3) is 0 Å². The minimum Gasteiger partial charge on any atom is -0.508 e. The van der Waals surface area contributed by atoms with Crippen LogP contribution in [0.3, 0.4) is 0 Å². The summed E-state index contributed by atoms with van der Waals surface area (Å²) in [4.78, 5) is 16.9. The van der Waals surface area contributed by atoms with Crippen molar-refractivity contribution in [3.63, 3.8) is 0 Å². The molecule has 8 heteroatoms. The first-order valence-corrected chi connectivity index (χ1v) is 12.6. The Hall–Kier alpha value is -3.28. The van der Waals surface area contributed by atoms with Gasteiger partial charge in [-0.1, -0.05) is 12.1 Å².